The molecule has 0 radical (unpaired) electrons. The van der Waals surface area contributed by atoms with Crippen LogP contribution in [0.5, 0.6) is 5.75 Å². The van der Waals surface area contributed by atoms with Crippen molar-refractivity contribution in [2.45, 2.75) is 26.4 Å². The van der Waals surface area contributed by atoms with Crippen molar-refractivity contribution in [2.24, 2.45) is 4.99 Å². The summed E-state index contributed by atoms with van der Waals surface area (Å²) in [5.41, 5.74) is 3.00. The van der Waals surface area contributed by atoms with Crippen molar-refractivity contribution in [1.82, 2.24) is 4.90 Å². The van der Waals surface area contributed by atoms with Crippen LogP contribution >= 0.6 is 43.6 Å². The summed E-state index contributed by atoms with van der Waals surface area (Å²) in [5, 5.41) is 0.703. The van der Waals surface area contributed by atoms with E-state index in [9.17, 15) is 4.79 Å². The number of amides is 1. The van der Waals surface area contributed by atoms with E-state index in [-0.39, 0.29) is 5.91 Å². The number of thioether (sulfide) groups is 1. The maximum atomic E-state index is 13.5. The number of halogens is 2. The molecule has 3 aromatic carbocycles. The molecule has 0 aromatic heterocycles. The van der Waals surface area contributed by atoms with Crippen LogP contribution in [0, 0.1) is 0 Å². The van der Waals surface area contributed by atoms with Gasteiger partial charge in [0.15, 0.2) is 5.17 Å². The first-order chi connectivity index (χ1) is 16.5. The predicted octanol–water partition coefficient (Wildman–Crippen LogP) is 7.67. The third-order valence-corrected chi connectivity index (χ3v) is 7.18. The van der Waals surface area contributed by atoms with Gasteiger partial charge in [-0.15, -0.1) is 0 Å². The Morgan fingerprint density at radius 1 is 1.00 bits per heavy atom. The summed E-state index contributed by atoms with van der Waals surface area (Å²) in [6, 6.07) is 24.0. The zero-order valence-corrected chi connectivity index (χ0v) is 22.7. The van der Waals surface area contributed by atoms with Crippen molar-refractivity contribution in [1.29, 1.82) is 0 Å². The lowest BCUT2D eigenvalue weighted by molar-refractivity contribution is -0.122. The number of carbonyl (C=O) groups is 1. The Hall–Kier alpha value is -2.35. The average Bonchev–Trinajstić information content (AvgIpc) is 3.12. The number of benzene rings is 3. The van der Waals surface area contributed by atoms with E-state index >= 15 is 0 Å². The van der Waals surface area contributed by atoms with Crippen molar-refractivity contribution < 1.29 is 9.53 Å². The van der Waals surface area contributed by atoms with E-state index in [1.807, 2.05) is 78.9 Å². The number of hydrogen-bond donors (Lipinski definition) is 0. The molecule has 1 amide bonds. The number of carbonyl (C=O) groups excluding carboxylic acids is 1. The van der Waals surface area contributed by atoms with Gasteiger partial charge < -0.3 is 4.74 Å². The monoisotopic (exact) mass is 598 g/mol. The lowest BCUT2D eigenvalue weighted by Crippen LogP contribution is -2.28. The SMILES string of the molecule is CCCOc1c(Br)cc(Br)cc1/C=C1/SC(=NCc2ccccc2)N(Cc2ccccc2)C1=O. The first-order valence-electron chi connectivity index (χ1n) is 11.0. The topological polar surface area (TPSA) is 41.9 Å². The lowest BCUT2D eigenvalue weighted by atomic mass is 10.1. The molecule has 0 bridgehead atoms. The summed E-state index contributed by atoms with van der Waals surface area (Å²) < 4.78 is 7.75. The Morgan fingerprint density at radius 2 is 1.68 bits per heavy atom. The summed E-state index contributed by atoms with van der Waals surface area (Å²) in [6.45, 7) is 3.65. The van der Waals surface area contributed by atoms with E-state index in [0.717, 1.165) is 37.8 Å². The molecule has 4 rings (SSSR count). The molecule has 4 nitrogen and oxygen atoms in total. The second-order valence-electron chi connectivity index (χ2n) is 7.73. The first kappa shape index (κ1) is 24.8. The summed E-state index contributed by atoms with van der Waals surface area (Å²) in [5.74, 6) is 0.674. The number of nitrogens with zero attached hydrogens (tertiary/aromatic N) is 2. The molecule has 1 aliphatic heterocycles. The smallest absolute Gasteiger partial charge is 0.267 e. The molecule has 1 heterocycles. The zero-order chi connectivity index (χ0) is 23.9. The van der Waals surface area contributed by atoms with Crippen LogP contribution in [0.15, 0.2) is 91.6 Å². The first-order valence-corrected chi connectivity index (χ1v) is 13.4. The molecule has 3 aromatic rings. The second-order valence-corrected chi connectivity index (χ2v) is 10.5. The molecule has 34 heavy (non-hydrogen) atoms. The summed E-state index contributed by atoms with van der Waals surface area (Å²) in [7, 11) is 0. The van der Waals surface area contributed by atoms with E-state index in [2.05, 4.69) is 38.8 Å². The Labute approximate surface area is 221 Å². The minimum Gasteiger partial charge on any atom is -0.492 e. The zero-order valence-electron chi connectivity index (χ0n) is 18.7. The Kier molecular flexibility index (Phi) is 8.64. The van der Waals surface area contributed by atoms with Crippen LogP contribution in [0.3, 0.4) is 0 Å². The van der Waals surface area contributed by atoms with Crippen molar-refractivity contribution in [3.63, 3.8) is 0 Å². The van der Waals surface area contributed by atoms with Gasteiger partial charge in [0.25, 0.3) is 5.91 Å². The molecule has 0 N–H and O–H groups in total. The van der Waals surface area contributed by atoms with Gasteiger partial charge in [0.2, 0.25) is 0 Å². The molecular formula is C27H24Br2N2O2S. The van der Waals surface area contributed by atoms with Gasteiger partial charge >= 0.3 is 0 Å². The van der Waals surface area contributed by atoms with Crippen LogP contribution in [0.4, 0.5) is 0 Å². The van der Waals surface area contributed by atoms with Gasteiger partial charge in [0.05, 0.1) is 29.1 Å². The van der Waals surface area contributed by atoms with Crippen molar-refractivity contribution in [2.75, 3.05) is 6.61 Å². The largest absolute Gasteiger partial charge is 0.492 e. The third-order valence-electron chi connectivity index (χ3n) is 5.09. The van der Waals surface area contributed by atoms with Gasteiger partial charge in [-0.3, -0.25) is 14.7 Å². The molecule has 0 aliphatic carbocycles. The molecule has 174 valence electrons. The fourth-order valence-electron chi connectivity index (χ4n) is 3.46. The quantitative estimate of drug-likeness (QED) is 0.249. The van der Waals surface area contributed by atoms with Gasteiger partial charge in [-0.1, -0.05) is 83.5 Å². The van der Waals surface area contributed by atoms with Crippen molar-refractivity contribution in [3.8, 4) is 5.75 Å². The highest BCUT2D eigenvalue weighted by molar-refractivity contribution is 9.11. The average molecular weight is 600 g/mol. The van der Waals surface area contributed by atoms with Crippen LogP contribution in [0.1, 0.15) is 30.0 Å². The lowest BCUT2D eigenvalue weighted by Gasteiger charge is -2.16. The van der Waals surface area contributed by atoms with Crippen molar-refractivity contribution >= 4 is 60.8 Å². The molecule has 7 heteroatoms. The standard InChI is InChI=1S/C27H24Br2N2O2S/c1-2-13-33-25-21(14-22(28)16-23(25)29)15-24-26(32)31(18-20-11-7-4-8-12-20)27(34-24)30-17-19-9-5-3-6-10-19/h3-12,14-16H,2,13,17-18H2,1H3/b24-15+,30-27?. The maximum absolute atomic E-state index is 13.5. The van der Waals surface area contributed by atoms with Gasteiger partial charge in [-0.2, -0.15) is 0 Å². The van der Waals surface area contributed by atoms with E-state index in [4.69, 9.17) is 9.73 Å². The van der Waals surface area contributed by atoms with E-state index in [1.165, 1.54) is 11.8 Å². The van der Waals surface area contributed by atoms with Crippen LogP contribution in [0.25, 0.3) is 6.08 Å². The normalized spacial score (nSPS) is 16.0. The fourth-order valence-corrected chi connectivity index (χ4v) is 5.80. The highest BCUT2D eigenvalue weighted by Crippen LogP contribution is 2.39. The minimum atomic E-state index is -0.0572. The van der Waals surface area contributed by atoms with Crippen LogP contribution in [-0.2, 0) is 17.9 Å². The summed E-state index contributed by atoms with van der Waals surface area (Å²) >= 11 is 8.56. The fraction of sp³-hybridized carbons (Fsp3) is 0.185. The number of amidine groups is 1. The molecular weight excluding hydrogens is 576 g/mol. The van der Waals surface area contributed by atoms with E-state index < -0.39 is 0 Å². The highest BCUT2D eigenvalue weighted by atomic mass is 79.9. The number of aliphatic imine (C=N–C) groups is 1. The molecule has 1 saturated heterocycles. The maximum Gasteiger partial charge on any atom is 0.267 e. The number of ether oxygens (including phenoxy) is 1. The van der Waals surface area contributed by atoms with Crippen LogP contribution in [-0.4, -0.2) is 22.6 Å². The van der Waals surface area contributed by atoms with E-state index in [1.54, 1.807) is 4.90 Å². The van der Waals surface area contributed by atoms with Gasteiger partial charge in [0, 0.05) is 10.0 Å². The van der Waals surface area contributed by atoms with E-state index in [0.29, 0.717) is 29.8 Å². The van der Waals surface area contributed by atoms with Gasteiger partial charge in [-0.25, -0.2) is 0 Å². The van der Waals surface area contributed by atoms with Crippen molar-refractivity contribution in [3.05, 3.63) is 103 Å². The summed E-state index contributed by atoms with van der Waals surface area (Å²) in [6.07, 6.45) is 2.80. The van der Waals surface area contributed by atoms with Gasteiger partial charge in [0.1, 0.15) is 5.75 Å². The second kappa shape index (κ2) is 11.9. The molecule has 0 spiro atoms. The molecule has 1 fully saturated rings. The Bertz CT molecular complexity index is 1210. The molecule has 1 aliphatic rings. The van der Waals surface area contributed by atoms with Crippen LogP contribution in [0.2, 0.25) is 0 Å². The highest BCUT2D eigenvalue weighted by Gasteiger charge is 2.33. The Balaban J connectivity index is 1.69. The molecule has 0 atom stereocenters. The number of hydrogen-bond acceptors (Lipinski definition) is 4. The predicted molar refractivity (Wildman–Crippen MR) is 148 cm³/mol. The number of rotatable bonds is 8. The minimum absolute atomic E-state index is 0.0572. The third kappa shape index (κ3) is 6.20. The molecule has 0 saturated carbocycles. The Morgan fingerprint density at radius 3 is 2.35 bits per heavy atom. The van der Waals surface area contributed by atoms with Crippen LogP contribution < -0.4 is 4.74 Å². The van der Waals surface area contributed by atoms with Gasteiger partial charge in [-0.05, 0) is 63.4 Å². The summed E-state index contributed by atoms with van der Waals surface area (Å²) in [4.78, 5) is 20.7. The molecule has 0 unspecified atom stereocenters.